The maximum Gasteiger partial charge on any atom is 0.252 e. The van der Waals surface area contributed by atoms with E-state index in [-0.39, 0.29) is 49.8 Å². The van der Waals surface area contributed by atoms with E-state index in [4.69, 9.17) is 0 Å². The monoisotopic (exact) mass is 529 g/mol. The van der Waals surface area contributed by atoms with Gasteiger partial charge >= 0.3 is 0 Å². The van der Waals surface area contributed by atoms with Gasteiger partial charge in [-0.1, -0.05) is 32.9 Å². The summed E-state index contributed by atoms with van der Waals surface area (Å²) < 4.78 is 27.6. The Bertz CT molecular complexity index is 1130. The van der Waals surface area contributed by atoms with E-state index in [1.807, 2.05) is 12.1 Å². The van der Waals surface area contributed by atoms with E-state index in [1.54, 1.807) is 19.1 Å². The number of nitrogens with one attached hydrogen (secondary N) is 2. The van der Waals surface area contributed by atoms with E-state index in [9.17, 15) is 23.5 Å². The van der Waals surface area contributed by atoms with Crippen LogP contribution in [-0.2, 0) is 20.5 Å². The summed E-state index contributed by atoms with van der Waals surface area (Å²) in [6.45, 7) is 8.11. The van der Waals surface area contributed by atoms with Gasteiger partial charge in [0, 0.05) is 43.5 Å². The van der Waals surface area contributed by atoms with Gasteiger partial charge in [-0.3, -0.25) is 24.5 Å². The van der Waals surface area contributed by atoms with Gasteiger partial charge in [0.2, 0.25) is 11.8 Å². The number of amides is 2. The number of hydrogen-bond acceptors (Lipinski definition) is 6. The van der Waals surface area contributed by atoms with Crippen molar-refractivity contribution in [2.75, 3.05) is 11.4 Å². The zero-order chi connectivity index (χ0) is 27.7. The largest absolute Gasteiger partial charge is 0.392 e. The fourth-order valence-electron chi connectivity index (χ4n) is 5.17. The minimum Gasteiger partial charge on any atom is -0.392 e. The molecule has 3 atom stereocenters. The summed E-state index contributed by atoms with van der Waals surface area (Å²) in [5.74, 6) is -3.66. The number of aromatic nitrogens is 2. The Balaban J connectivity index is 1.78. The highest BCUT2D eigenvalue weighted by Gasteiger charge is 2.49. The summed E-state index contributed by atoms with van der Waals surface area (Å²) in [6.07, 6.45) is 3.55. The second kappa shape index (κ2) is 10.6. The van der Waals surface area contributed by atoms with Gasteiger partial charge in [0.05, 0.1) is 24.0 Å². The van der Waals surface area contributed by atoms with Crippen molar-refractivity contribution in [3.8, 4) is 0 Å². The molecule has 2 amide bonds. The predicted molar refractivity (Wildman–Crippen MR) is 140 cm³/mol. The molecule has 8 nitrogen and oxygen atoms in total. The van der Waals surface area contributed by atoms with E-state index in [1.165, 1.54) is 23.5 Å². The summed E-state index contributed by atoms with van der Waals surface area (Å²) >= 11 is 0. The average Bonchev–Trinajstić information content (AvgIpc) is 3.32. The van der Waals surface area contributed by atoms with Crippen LogP contribution in [0.15, 0.2) is 42.9 Å². The molecule has 4 rings (SSSR count). The van der Waals surface area contributed by atoms with Crippen molar-refractivity contribution in [2.24, 2.45) is 0 Å². The standard InChI is InChI=1S/C28H37F2N5O3/c1-26(2,3)18-5-7-20(8-6-18)35(24(37)22-15-21(36)16-33-22)27(4,23-17-31-13-14-32-23)25(38)34-19-9-11-28(29,30)12-10-19/h5-8,13-14,17,19,21-22,33,36H,9-12,15-16H2,1-4H3,(H,34,38)/t21-,22-,27?/m1/s1. The Morgan fingerprint density at radius 3 is 2.29 bits per heavy atom. The minimum absolute atomic E-state index is 0.126. The number of nitrogens with zero attached hydrogens (tertiary/aromatic N) is 3. The summed E-state index contributed by atoms with van der Waals surface area (Å²) in [6, 6.07) is 6.27. The van der Waals surface area contributed by atoms with Crippen LogP contribution in [-0.4, -0.2) is 57.5 Å². The van der Waals surface area contributed by atoms with Crippen molar-refractivity contribution >= 4 is 17.5 Å². The molecule has 0 spiro atoms. The third-order valence-electron chi connectivity index (χ3n) is 7.62. The van der Waals surface area contributed by atoms with Crippen LogP contribution < -0.4 is 15.5 Å². The molecule has 1 aromatic carbocycles. The van der Waals surface area contributed by atoms with Gasteiger partial charge in [0.25, 0.3) is 5.91 Å². The zero-order valence-corrected chi connectivity index (χ0v) is 22.4. The topological polar surface area (TPSA) is 107 Å². The van der Waals surface area contributed by atoms with Crippen LogP contribution in [0.25, 0.3) is 0 Å². The number of alkyl halides is 2. The van der Waals surface area contributed by atoms with Gasteiger partial charge in [0.1, 0.15) is 0 Å². The summed E-state index contributed by atoms with van der Waals surface area (Å²) in [4.78, 5) is 38.2. The summed E-state index contributed by atoms with van der Waals surface area (Å²) in [5.41, 5.74) is -0.00458. The molecule has 0 bridgehead atoms. The lowest BCUT2D eigenvalue weighted by Gasteiger charge is -2.42. The fourth-order valence-corrected chi connectivity index (χ4v) is 5.17. The summed E-state index contributed by atoms with van der Waals surface area (Å²) in [7, 11) is 0. The molecular weight excluding hydrogens is 492 g/mol. The first kappa shape index (κ1) is 28.0. The van der Waals surface area contributed by atoms with Gasteiger partial charge in [-0.2, -0.15) is 0 Å². The maximum atomic E-state index is 14.1. The van der Waals surface area contributed by atoms with E-state index in [0.29, 0.717) is 5.69 Å². The first-order valence-corrected chi connectivity index (χ1v) is 13.1. The minimum atomic E-state index is -2.73. The predicted octanol–water partition coefficient (Wildman–Crippen LogP) is 3.44. The van der Waals surface area contributed by atoms with Crippen molar-refractivity contribution in [3.05, 3.63) is 54.1 Å². The van der Waals surface area contributed by atoms with E-state index < -0.39 is 41.5 Å². The molecule has 1 aliphatic heterocycles. The maximum absolute atomic E-state index is 14.1. The van der Waals surface area contributed by atoms with Gasteiger partial charge in [-0.05, 0) is 49.3 Å². The number of aliphatic hydroxyl groups excluding tert-OH is 1. The molecule has 1 aliphatic carbocycles. The molecule has 2 fully saturated rings. The fraction of sp³-hybridized carbons (Fsp3) is 0.571. The number of carbonyl (C=O) groups excluding carboxylic acids is 2. The normalized spacial score (nSPS) is 23.4. The molecule has 2 heterocycles. The Labute approximate surface area is 222 Å². The molecule has 2 aliphatic rings. The Morgan fingerprint density at radius 1 is 1.11 bits per heavy atom. The number of rotatable bonds is 6. The van der Waals surface area contributed by atoms with Gasteiger partial charge in [-0.25, -0.2) is 8.78 Å². The lowest BCUT2D eigenvalue weighted by atomic mass is 9.86. The molecule has 3 N–H and O–H groups in total. The molecule has 1 aromatic heterocycles. The third-order valence-corrected chi connectivity index (χ3v) is 7.62. The number of carbonyl (C=O) groups is 2. The van der Waals surface area contributed by atoms with Crippen LogP contribution >= 0.6 is 0 Å². The Morgan fingerprint density at radius 2 is 1.76 bits per heavy atom. The Hall–Kier alpha value is -2.98. The molecule has 10 heteroatoms. The quantitative estimate of drug-likeness (QED) is 0.529. The van der Waals surface area contributed by atoms with Crippen LogP contribution in [0.5, 0.6) is 0 Å². The van der Waals surface area contributed by atoms with Crippen LogP contribution in [0.2, 0.25) is 0 Å². The lowest BCUT2D eigenvalue weighted by molar-refractivity contribution is -0.132. The second-order valence-corrected chi connectivity index (χ2v) is 11.6. The van der Waals surface area contributed by atoms with Crippen LogP contribution in [0.4, 0.5) is 14.5 Å². The van der Waals surface area contributed by atoms with Crippen molar-refractivity contribution in [2.45, 2.75) is 94.9 Å². The number of hydrogen-bond donors (Lipinski definition) is 3. The van der Waals surface area contributed by atoms with Crippen molar-refractivity contribution in [1.82, 2.24) is 20.6 Å². The van der Waals surface area contributed by atoms with Gasteiger partial charge < -0.3 is 15.7 Å². The highest BCUT2D eigenvalue weighted by molar-refractivity contribution is 6.06. The number of aliphatic hydroxyl groups is 1. The number of halogens is 2. The molecular formula is C28H37F2N5O3. The number of β-amino-alcohol motifs (C(OH)–C–C–N with tert-alkyl or cyclic N) is 1. The molecule has 1 saturated carbocycles. The first-order chi connectivity index (χ1) is 17.8. The van der Waals surface area contributed by atoms with Crippen LogP contribution in [0.1, 0.15) is 71.1 Å². The highest BCUT2D eigenvalue weighted by Crippen LogP contribution is 2.37. The SMILES string of the molecule is CC(C)(C)c1ccc(N(C(=O)[C@H]2C[C@@H](O)CN2)C(C)(C(=O)NC2CCC(F)(F)CC2)c2cnccn2)cc1. The first-order valence-electron chi connectivity index (χ1n) is 13.1. The van der Waals surface area contributed by atoms with Crippen molar-refractivity contribution < 1.29 is 23.5 Å². The molecule has 1 saturated heterocycles. The average molecular weight is 530 g/mol. The van der Waals surface area contributed by atoms with Gasteiger partial charge in [0.15, 0.2) is 5.54 Å². The number of benzene rings is 1. The van der Waals surface area contributed by atoms with E-state index in [0.717, 1.165) is 5.56 Å². The second-order valence-electron chi connectivity index (χ2n) is 11.6. The third kappa shape index (κ3) is 5.86. The molecule has 1 unspecified atom stereocenters. The molecule has 2 aromatic rings. The van der Waals surface area contributed by atoms with Crippen molar-refractivity contribution in [1.29, 1.82) is 0 Å². The summed E-state index contributed by atoms with van der Waals surface area (Å²) in [5, 5.41) is 16.1. The smallest absolute Gasteiger partial charge is 0.252 e. The van der Waals surface area contributed by atoms with Gasteiger partial charge in [-0.15, -0.1) is 0 Å². The van der Waals surface area contributed by atoms with Crippen molar-refractivity contribution in [3.63, 3.8) is 0 Å². The lowest BCUT2D eigenvalue weighted by Crippen LogP contribution is -2.62. The molecule has 0 radical (unpaired) electrons. The van der Waals surface area contributed by atoms with Crippen LogP contribution in [0, 0.1) is 0 Å². The molecule has 38 heavy (non-hydrogen) atoms. The molecule has 206 valence electrons. The highest BCUT2D eigenvalue weighted by atomic mass is 19.3. The zero-order valence-electron chi connectivity index (χ0n) is 22.4. The van der Waals surface area contributed by atoms with Crippen LogP contribution in [0.3, 0.4) is 0 Å². The number of anilines is 1. The van der Waals surface area contributed by atoms with E-state index in [2.05, 4.69) is 41.4 Å². The Kier molecular flexibility index (Phi) is 7.86. The van der Waals surface area contributed by atoms with E-state index >= 15 is 0 Å².